The lowest BCUT2D eigenvalue weighted by molar-refractivity contribution is -0.117. The number of nitrogens with zero attached hydrogens (tertiary/aromatic N) is 1. The first-order valence-corrected chi connectivity index (χ1v) is 11.1. The van der Waals surface area contributed by atoms with Crippen LogP contribution in [-0.2, 0) is 4.79 Å². The zero-order chi connectivity index (χ0) is 22.2. The van der Waals surface area contributed by atoms with Gasteiger partial charge in [-0.2, -0.15) is 0 Å². The summed E-state index contributed by atoms with van der Waals surface area (Å²) in [5.41, 5.74) is 2.68. The minimum Gasteiger partial charge on any atom is -0.371 e. The first-order chi connectivity index (χ1) is 14.9. The number of amides is 2. The Balaban J connectivity index is 1.55. The molecule has 0 radical (unpaired) electrons. The number of carbonyl (C=O) groups excluding carboxylic acids is 2. The molecule has 2 aromatic rings. The fraction of sp³-hybridized carbons (Fsp3) is 0.385. The van der Waals surface area contributed by atoms with Gasteiger partial charge in [0.2, 0.25) is 5.91 Å². The molecule has 5 nitrogen and oxygen atoms in total. The van der Waals surface area contributed by atoms with Gasteiger partial charge in [-0.05, 0) is 49.5 Å². The van der Waals surface area contributed by atoms with Gasteiger partial charge in [-0.1, -0.05) is 56.3 Å². The number of rotatable bonds is 7. The van der Waals surface area contributed by atoms with Crippen molar-refractivity contribution in [3.8, 4) is 0 Å². The third-order valence-electron chi connectivity index (χ3n) is 5.92. The van der Waals surface area contributed by atoms with Crippen LogP contribution in [0.3, 0.4) is 0 Å². The van der Waals surface area contributed by atoms with E-state index in [0.717, 1.165) is 37.2 Å². The van der Waals surface area contributed by atoms with Crippen molar-refractivity contribution in [3.05, 3.63) is 71.8 Å². The topological polar surface area (TPSA) is 61.4 Å². The lowest BCUT2D eigenvalue weighted by Gasteiger charge is -2.35. The lowest BCUT2D eigenvalue weighted by atomic mass is 10.0. The molecule has 1 saturated heterocycles. The highest BCUT2D eigenvalue weighted by Crippen LogP contribution is 2.24. The second kappa shape index (κ2) is 10.8. The number of piperidine rings is 1. The summed E-state index contributed by atoms with van der Waals surface area (Å²) in [6.07, 6.45) is 5.13. The van der Waals surface area contributed by atoms with Gasteiger partial charge < -0.3 is 15.5 Å². The maximum atomic E-state index is 12.8. The molecule has 0 aliphatic carbocycles. The fourth-order valence-electron chi connectivity index (χ4n) is 3.64. The second-order valence-corrected chi connectivity index (χ2v) is 8.54. The molecule has 0 bridgehead atoms. The fourth-order valence-corrected chi connectivity index (χ4v) is 3.64. The van der Waals surface area contributed by atoms with E-state index < -0.39 is 0 Å². The van der Waals surface area contributed by atoms with Gasteiger partial charge in [0.1, 0.15) is 0 Å². The van der Waals surface area contributed by atoms with Crippen molar-refractivity contribution in [2.75, 3.05) is 18.0 Å². The average Bonchev–Trinajstić information content (AvgIpc) is 2.79. The second-order valence-electron chi connectivity index (χ2n) is 8.54. The molecule has 1 aliphatic rings. The molecule has 2 amide bonds. The van der Waals surface area contributed by atoms with Crippen molar-refractivity contribution in [1.29, 1.82) is 0 Å². The van der Waals surface area contributed by atoms with E-state index in [-0.39, 0.29) is 23.9 Å². The Morgan fingerprint density at radius 2 is 1.61 bits per heavy atom. The standard InChI is InChI=1S/C26H33N3O2/c1-19(2)20(3)27-26(31)23-11-7-8-12-24(23)29-17-15-22(16-18-29)28-25(30)14-13-21-9-5-4-6-10-21/h4-14,19-20,22H,15-18H2,1-3H3,(H,27,31)(H,28,30)/b14-13+/t20-/m1/s1. The highest BCUT2D eigenvalue weighted by Gasteiger charge is 2.24. The van der Waals surface area contributed by atoms with E-state index in [1.165, 1.54) is 0 Å². The largest absolute Gasteiger partial charge is 0.371 e. The van der Waals surface area contributed by atoms with Crippen LogP contribution in [0.2, 0.25) is 0 Å². The minimum absolute atomic E-state index is 0.0294. The van der Waals surface area contributed by atoms with E-state index in [2.05, 4.69) is 29.4 Å². The van der Waals surface area contributed by atoms with Crippen LogP contribution in [0.5, 0.6) is 0 Å². The maximum absolute atomic E-state index is 12.8. The van der Waals surface area contributed by atoms with Crippen molar-refractivity contribution in [3.63, 3.8) is 0 Å². The molecule has 0 aromatic heterocycles. The summed E-state index contributed by atoms with van der Waals surface area (Å²) in [6.45, 7) is 7.84. The molecule has 5 heteroatoms. The van der Waals surface area contributed by atoms with E-state index in [1.54, 1.807) is 6.08 Å². The molecule has 31 heavy (non-hydrogen) atoms. The smallest absolute Gasteiger partial charge is 0.253 e. The SMILES string of the molecule is CC(C)[C@@H](C)NC(=O)c1ccccc1N1CCC(NC(=O)/C=C/c2ccccc2)CC1. The van der Waals surface area contributed by atoms with Crippen molar-refractivity contribution >= 4 is 23.6 Å². The Morgan fingerprint density at radius 3 is 2.29 bits per heavy atom. The number of nitrogens with one attached hydrogen (secondary N) is 2. The molecule has 2 N–H and O–H groups in total. The summed E-state index contributed by atoms with van der Waals surface area (Å²) in [5, 5.41) is 6.21. The normalized spacial score (nSPS) is 15.8. The molecule has 0 unspecified atom stereocenters. The Bertz CT molecular complexity index is 900. The van der Waals surface area contributed by atoms with Crippen LogP contribution in [0.4, 0.5) is 5.69 Å². The number of anilines is 1. The molecule has 3 rings (SSSR count). The predicted octanol–water partition coefficient (Wildman–Crippen LogP) is 4.26. The first kappa shape index (κ1) is 22.6. The summed E-state index contributed by atoms with van der Waals surface area (Å²) in [7, 11) is 0. The molecule has 1 aliphatic heterocycles. The van der Waals surface area contributed by atoms with Crippen LogP contribution in [0.15, 0.2) is 60.7 Å². The highest BCUT2D eigenvalue weighted by molar-refractivity contribution is 6.00. The summed E-state index contributed by atoms with van der Waals surface area (Å²) in [6, 6.07) is 17.8. The summed E-state index contributed by atoms with van der Waals surface area (Å²) in [5.74, 6) is 0.287. The van der Waals surface area contributed by atoms with E-state index in [4.69, 9.17) is 0 Å². The average molecular weight is 420 g/mol. The van der Waals surface area contributed by atoms with Crippen LogP contribution < -0.4 is 15.5 Å². The summed E-state index contributed by atoms with van der Waals surface area (Å²) in [4.78, 5) is 27.3. The zero-order valence-corrected chi connectivity index (χ0v) is 18.7. The van der Waals surface area contributed by atoms with E-state index in [0.29, 0.717) is 11.5 Å². The lowest BCUT2D eigenvalue weighted by Crippen LogP contribution is -2.45. The van der Waals surface area contributed by atoms with E-state index in [9.17, 15) is 9.59 Å². The Hall–Kier alpha value is -3.08. The number of hydrogen-bond acceptors (Lipinski definition) is 3. The number of para-hydroxylation sites is 1. The van der Waals surface area contributed by atoms with Crippen molar-refractivity contribution < 1.29 is 9.59 Å². The third kappa shape index (κ3) is 6.45. The van der Waals surface area contributed by atoms with Gasteiger partial charge in [-0.3, -0.25) is 9.59 Å². The minimum atomic E-state index is -0.0650. The Labute approximate surface area is 185 Å². The van der Waals surface area contributed by atoms with Crippen LogP contribution in [0.1, 0.15) is 49.5 Å². The van der Waals surface area contributed by atoms with Crippen LogP contribution in [0.25, 0.3) is 6.08 Å². The van der Waals surface area contributed by atoms with Gasteiger partial charge >= 0.3 is 0 Å². The van der Waals surface area contributed by atoms with Gasteiger partial charge in [0.15, 0.2) is 0 Å². The molecular formula is C26H33N3O2. The molecule has 2 aromatic carbocycles. The molecule has 164 valence electrons. The van der Waals surface area contributed by atoms with Crippen LogP contribution in [-0.4, -0.2) is 37.0 Å². The van der Waals surface area contributed by atoms with Gasteiger partial charge in [-0.25, -0.2) is 0 Å². The van der Waals surface area contributed by atoms with Crippen molar-refractivity contribution in [2.24, 2.45) is 5.92 Å². The molecule has 1 heterocycles. The predicted molar refractivity (Wildman–Crippen MR) is 127 cm³/mol. The number of carbonyl (C=O) groups is 2. The van der Waals surface area contributed by atoms with Crippen LogP contribution >= 0.6 is 0 Å². The molecular weight excluding hydrogens is 386 g/mol. The number of benzene rings is 2. The molecule has 0 saturated carbocycles. The van der Waals surface area contributed by atoms with Crippen LogP contribution in [0, 0.1) is 5.92 Å². The van der Waals surface area contributed by atoms with E-state index in [1.807, 2.05) is 67.6 Å². The summed E-state index contributed by atoms with van der Waals surface area (Å²) < 4.78 is 0. The van der Waals surface area contributed by atoms with Gasteiger partial charge in [0.05, 0.1) is 5.56 Å². The van der Waals surface area contributed by atoms with Gasteiger partial charge in [-0.15, -0.1) is 0 Å². The van der Waals surface area contributed by atoms with Gasteiger partial charge in [0.25, 0.3) is 5.91 Å². The molecule has 1 atom stereocenters. The Kier molecular flexibility index (Phi) is 7.88. The quantitative estimate of drug-likeness (QED) is 0.659. The maximum Gasteiger partial charge on any atom is 0.253 e. The highest BCUT2D eigenvalue weighted by atomic mass is 16.2. The van der Waals surface area contributed by atoms with Crippen molar-refractivity contribution in [2.45, 2.75) is 45.7 Å². The Morgan fingerprint density at radius 1 is 0.968 bits per heavy atom. The molecule has 0 spiro atoms. The van der Waals surface area contributed by atoms with Crippen molar-refractivity contribution in [1.82, 2.24) is 10.6 Å². The third-order valence-corrected chi connectivity index (χ3v) is 5.92. The number of hydrogen-bond donors (Lipinski definition) is 2. The van der Waals surface area contributed by atoms with E-state index >= 15 is 0 Å². The van der Waals surface area contributed by atoms with Gasteiger partial charge in [0, 0.05) is 36.9 Å². The monoisotopic (exact) mass is 419 g/mol. The zero-order valence-electron chi connectivity index (χ0n) is 18.7. The molecule has 1 fully saturated rings. The first-order valence-electron chi connectivity index (χ1n) is 11.1. The summed E-state index contributed by atoms with van der Waals surface area (Å²) >= 11 is 0.